The Bertz CT molecular complexity index is 965. The van der Waals surface area contributed by atoms with E-state index in [4.69, 9.17) is 9.57 Å². The Labute approximate surface area is 166 Å². The largest absolute Gasteiger partial charge is 0.497 e. The van der Waals surface area contributed by atoms with E-state index in [-0.39, 0.29) is 17.0 Å². The number of fused-ring (bicyclic) bond motifs is 1. The van der Waals surface area contributed by atoms with Crippen LogP contribution in [-0.2, 0) is 9.63 Å². The number of benzene rings is 2. The molecule has 1 unspecified atom stereocenters. The van der Waals surface area contributed by atoms with Gasteiger partial charge in [0.2, 0.25) is 0 Å². The molecule has 4 rings (SSSR count). The van der Waals surface area contributed by atoms with Crippen LogP contribution in [0.4, 0.5) is 0 Å². The summed E-state index contributed by atoms with van der Waals surface area (Å²) in [5.74, 6) is -1.90. The van der Waals surface area contributed by atoms with E-state index in [9.17, 15) is 19.2 Å². The minimum absolute atomic E-state index is 0.183. The Balaban J connectivity index is 1.49. The third-order valence-corrected chi connectivity index (χ3v) is 5.06. The van der Waals surface area contributed by atoms with E-state index in [1.807, 2.05) is 0 Å². The third kappa shape index (κ3) is 3.22. The zero-order chi connectivity index (χ0) is 20.5. The molecule has 3 amide bonds. The molecule has 1 fully saturated rings. The van der Waals surface area contributed by atoms with E-state index in [0.29, 0.717) is 35.8 Å². The van der Waals surface area contributed by atoms with Crippen molar-refractivity contribution in [3.63, 3.8) is 0 Å². The number of ether oxygens (including phenoxy) is 1. The van der Waals surface area contributed by atoms with Gasteiger partial charge in [-0.2, -0.15) is 0 Å². The van der Waals surface area contributed by atoms with Crippen molar-refractivity contribution in [3.8, 4) is 5.75 Å². The number of hydroxylamine groups is 2. The molecule has 2 aliphatic rings. The highest BCUT2D eigenvalue weighted by atomic mass is 16.7. The lowest BCUT2D eigenvalue weighted by Crippen LogP contribution is -2.44. The van der Waals surface area contributed by atoms with Gasteiger partial charge in [-0.3, -0.25) is 14.4 Å². The minimum atomic E-state index is -0.867. The second-order valence-electron chi connectivity index (χ2n) is 6.75. The minimum Gasteiger partial charge on any atom is -0.497 e. The molecule has 0 aliphatic carbocycles. The number of rotatable bonds is 4. The van der Waals surface area contributed by atoms with Crippen molar-refractivity contribution in [2.24, 2.45) is 0 Å². The van der Waals surface area contributed by atoms with Crippen LogP contribution in [-0.4, -0.2) is 53.4 Å². The number of nitrogens with zero attached hydrogens (tertiary/aromatic N) is 2. The fourth-order valence-corrected chi connectivity index (χ4v) is 3.56. The van der Waals surface area contributed by atoms with Crippen LogP contribution in [0.5, 0.6) is 5.75 Å². The van der Waals surface area contributed by atoms with Crippen molar-refractivity contribution in [2.75, 3.05) is 13.7 Å². The summed E-state index contributed by atoms with van der Waals surface area (Å²) in [7, 11) is 1.53. The lowest BCUT2D eigenvalue weighted by Gasteiger charge is -2.24. The van der Waals surface area contributed by atoms with Crippen molar-refractivity contribution in [1.29, 1.82) is 0 Å². The lowest BCUT2D eigenvalue weighted by molar-refractivity contribution is -0.173. The smallest absolute Gasteiger partial charge is 0.355 e. The highest BCUT2D eigenvalue weighted by Gasteiger charge is 2.42. The van der Waals surface area contributed by atoms with Crippen LogP contribution >= 0.6 is 0 Å². The van der Waals surface area contributed by atoms with Crippen LogP contribution in [0.2, 0.25) is 0 Å². The summed E-state index contributed by atoms with van der Waals surface area (Å²) in [6.45, 7) is 0.382. The molecule has 0 aromatic heterocycles. The van der Waals surface area contributed by atoms with Gasteiger partial charge in [0.1, 0.15) is 11.8 Å². The van der Waals surface area contributed by atoms with E-state index in [2.05, 4.69) is 0 Å². The van der Waals surface area contributed by atoms with Crippen LogP contribution in [0.3, 0.4) is 0 Å². The number of likely N-dealkylation sites (tertiary alicyclic amines) is 1. The Hall–Kier alpha value is -3.68. The van der Waals surface area contributed by atoms with Gasteiger partial charge in [0.05, 0.1) is 18.2 Å². The summed E-state index contributed by atoms with van der Waals surface area (Å²) < 4.78 is 5.09. The monoisotopic (exact) mass is 394 g/mol. The third-order valence-electron chi connectivity index (χ3n) is 5.06. The molecule has 0 N–H and O–H groups in total. The molecule has 8 nitrogen and oxygen atoms in total. The van der Waals surface area contributed by atoms with Gasteiger partial charge in [-0.25, -0.2) is 4.79 Å². The van der Waals surface area contributed by atoms with Gasteiger partial charge in [0.15, 0.2) is 0 Å². The molecule has 148 valence electrons. The SMILES string of the molecule is COc1ccc(C(=O)N2CCCC2C(=O)ON2C(=O)c3ccccc3C2=O)cc1. The van der Waals surface area contributed by atoms with Gasteiger partial charge in [-0.15, -0.1) is 0 Å². The van der Waals surface area contributed by atoms with Crippen molar-refractivity contribution in [2.45, 2.75) is 18.9 Å². The molecule has 29 heavy (non-hydrogen) atoms. The number of hydrogen-bond donors (Lipinski definition) is 0. The molecular weight excluding hydrogens is 376 g/mol. The molecule has 0 spiro atoms. The summed E-state index contributed by atoms with van der Waals surface area (Å²) in [5, 5.41) is 0.474. The van der Waals surface area contributed by atoms with Crippen molar-refractivity contribution < 1.29 is 28.8 Å². The summed E-state index contributed by atoms with van der Waals surface area (Å²) >= 11 is 0. The normalized spacial score (nSPS) is 18.0. The molecule has 0 saturated carbocycles. The Morgan fingerprint density at radius 2 is 1.59 bits per heavy atom. The van der Waals surface area contributed by atoms with Gasteiger partial charge in [0.25, 0.3) is 17.7 Å². The maximum atomic E-state index is 12.8. The summed E-state index contributed by atoms with van der Waals surface area (Å²) in [6, 6.07) is 11.9. The highest BCUT2D eigenvalue weighted by Crippen LogP contribution is 2.26. The first kappa shape index (κ1) is 18.7. The molecule has 2 aromatic rings. The van der Waals surface area contributed by atoms with Gasteiger partial charge in [-0.05, 0) is 49.2 Å². The molecular formula is C21H18N2O6. The zero-order valence-electron chi connectivity index (χ0n) is 15.7. The Kier molecular flexibility index (Phi) is 4.75. The van der Waals surface area contributed by atoms with Crippen LogP contribution in [0, 0.1) is 0 Å². The average Bonchev–Trinajstić information content (AvgIpc) is 3.33. The number of carbonyl (C=O) groups excluding carboxylic acids is 4. The molecule has 2 aliphatic heterocycles. The van der Waals surface area contributed by atoms with Crippen LogP contribution in [0.15, 0.2) is 48.5 Å². The van der Waals surface area contributed by atoms with Crippen molar-refractivity contribution in [1.82, 2.24) is 9.96 Å². The molecule has 2 aromatic carbocycles. The fourth-order valence-electron chi connectivity index (χ4n) is 3.56. The predicted octanol–water partition coefficient (Wildman–Crippen LogP) is 2.05. The summed E-state index contributed by atoms with van der Waals surface area (Å²) in [4.78, 5) is 56.9. The highest BCUT2D eigenvalue weighted by molar-refractivity contribution is 6.21. The second kappa shape index (κ2) is 7.38. The molecule has 8 heteroatoms. The maximum absolute atomic E-state index is 12.8. The van der Waals surface area contributed by atoms with E-state index < -0.39 is 23.8 Å². The van der Waals surface area contributed by atoms with Crippen LogP contribution < -0.4 is 4.74 Å². The molecule has 1 atom stereocenters. The summed E-state index contributed by atoms with van der Waals surface area (Å²) in [5.41, 5.74) is 0.775. The van der Waals surface area contributed by atoms with Gasteiger partial charge in [0, 0.05) is 12.1 Å². The van der Waals surface area contributed by atoms with Gasteiger partial charge in [-0.1, -0.05) is 17.2 Å². The molecule has 0 radical (unpaired) electrons. The Morgan fingerprint density at radius 1 is 0.966 bits per heavy atom. The molecule has 0 bridgehead atoms. The first-order chi connectivity index (χ1) is 14.0. The number of imide groups is 1. The van der Waals surface area contributed by atoms with E-state index in [1.54, 1.807) is 36.4 Å². The first-order valence-corrected chi connectivity index (χ1v) is 9.16. The lowest BCUT2D eigenvalue weighted by atomic mass is 10.1. The van der Waals surface area contributed by atoms with Gasteiger partial charge < -0.3 is 14.5 Å². The van der Waals surface area contributed by atoms with Crippen molar-refractivity contribution >= 4 is 23.7 Å². The van der Waals surface area contributed by atoms with Crippen molar-refractivity contribution in [3.05, 3.63) is 65.2 Å². The van der Waals surface area contributed by atoms with Gasteiger partial charge >= 0.3 is 5.97 Å². The van der Waals surface area contributed by atoms with E-state index >= 15 is 0 Å². The second-order valence-corrected chi connectivity index (χ2v) is 6.75. The predicted molar refractivity (Wildman–Crippen MR) is 100 cm³/mol. The van der Waals surface area contributed by atoms with E-state index in [0.717, 1.165) is 0 Å². The Morgan fingerprint density at radius 3 is 2.17 bits per heavy atom. The average molecular weight is 394 g/mol. The fraction of sp³-hybridized carbons (Fsp3) is 0.238. The first-order valence-electron chi connectivity index (χ1n) is 9.16. The molecule has 1 saturated heterocycles. The number of methoxy groups -OCH3 is 1. The molecule has 2 heterocycles. The van der Waals surface area contributed by atoms with E-state index in [1.165, 1.54) is 24.1 Å². The standard InChI is InChI=1S/C21H18N2O6/c1-28-14-10-8-13(9-11-14)18(24)22-12-4-7-17(22)21(27)29-23-19(25)15-5-2-3-6-16(15)20(23)26/h2-3,5-6,8-11,17H,4,7,12H2,1H3. The topological polar surface area (TPSA) is 93.2 Å². The zero-order valence-corrected chi connectivity index (χ0v) is 15.7. The van der Waals surface area contributed by atoms with Crippen LogP contribution in [0.25, 0.3) is 0 Å². The number of amides is 3. The number of hydrogen-bond acceptors (Lipinski definition) is 6. The summed E-state index contributed by atoms with van der Waals surface area (Å²) in [6.07, 6.45) is 1.01. The quantitative estimate of drug-likeness (QED) is 0.737. The number of carbonyl (C=O) groups is 4. The van der Waals surface area contributed by atoms with Crippen LogP contribution in [0.1, 0.15) is 43.9 Å². The maximum Gasteiger partial charge on any atom is 0.355 e.